The first-order chi connectivity index (χ1) is 12.5. The van der Waals surface area contributed by atoms with E-state index in [0.29, 0.717) is 25.1 Å². The Labute approximate surface area is 153 Å². The molecule has 3 rings (SSSR count). The summed E-state index contributed by atoms with van der Waals surface area (Å²) >= 11 is 0. The third-order valence-electron chi connectivity index (χ3n) is 5.10. The second-order valence-corrected chi connectivity index (χ2v) is 6.94. The van der Waals surface area contributed by atoms with Crippen LogP contribution in [0.1, 0.15) is 38.5 Å². The van der Waals surface area contributed by atoms with Crippen molar-refractivity contribution >= 4 is 29.1 Å². The van der Waals surface area contributed by atoms with Crippen LogP contribution in [0.25, 0.3) is 0 Å². The van der Waals surface area contributed by atoms with Gasteiger partial charge >= 0.3 is 0 Å². The fourth-order valence-corrected chi connectivity index (χ4v) is 3.70. The first-order valence-corrected chi connectivity index (χ1v) is 9.28. The Morgan fingerprint density at radius 2 is 1.88 bits per heavy atom. The number of rotatable bonds is 6. The molecule has 2 saturated heterocycles. The highest BCUT2D eigenvalue weighted by Crippen LogP contribution is 2.23. The quantitative estimate of drug-likeness (QED) is 0.805. The van der Waals surface area contributed by atoms with E-state index in [1.165, 1.54) is 0 Å². The Bertz CT molecular complexity index is 674. The van der Waals surface area contributed by atoms with Crippen LogP contribution in [-0.2, 0) is 14.4 Å². The van der Waals surface area contributed by atoms with Gasteiger partial charge in [0.05, 0.1) is 6.04 Å². The Hall–Kier alpha value is -2.41. The lowest BCUT2D eigenvalue weighted by atomic mass is 10.0. The minimum atomic E-state index is -0.308. The first-order valence-electron chi connectivity index (χ1n) is 9.28. The van der Waals surface area contributed by atoms with Crippen molar-refractivity contribution in [2.75, 3.05) is 29.9 Å². The van der Waals surface area contributed by atoms with E-state index in [2.05, 4.69) is 5.32 Å². The number of hydrogen-bond donors (Lipinski definition) is 2. The Kier molecular flexibility index (Phi) is 5.88. The molecule has 7 nitrogen and oxygen atoms in total. The zero-order valence-electron chi connectivity index (χ0n) is 14.9. The van der Waals surface area contributed by atoms with Crippen LogP contribution in [0, 0.1) is 0 Å². The summed E-state index contributed by atoms with van der Waals surface area (Å²) in [5.41, 5.74) is 7.02. The molecule has 26 heavy (non-hydrogen) atoms. The summed E-state index contributed by atoms with van der Waals surface area (Å²) in [5, 5.41) is 2.87. The summed E-state index contributed by atoms with van der Waals surface area (Å²) in [4.78, 5) is 39.3. The number of carbonyl (C=O) groups excluding carboxylic acids is 3. The van der Waals surface area contributed by atoms with Gasteiger partial charge in [-0.1, -0.05) is 6.42 Å². The molecule has 2 fully saturated rings. The second-order valence-electron chi connectivity index (χ2n) is 6.94. The van der Waals surface area contributed by atoms with Crippen LogP contribution in [0.4, 0.5) is 11.4 Å². The van der Waals surface area contributed by atoms with Gasteiger partial charge in [0.2, 0.25) is 17.7 Å². The first kappa shape index (κ1) is 18.4. The molecule has 1 aromatic rings. The molecule has 1 atom stereocenters. The highest BCUT2D eigenvalue weighted by atomic mass is 16.2. The van der Waals surface area contributed by atoms with E-state index >= 15 is 0 Å². The maximum Gasteiger partial charge on any atom is 0.234 e. The molecule has 2 aliphatic heterocycles. The lowest BCUT2D eigenvalue weighted by Gasteiger charge is -2.33. The SMILES string of the molecule is NC(=O)C1CCCCN1CCC(=O)Nc1ccc(N2CCCC2=O)cc1. The van der Waals surface area contributed by atoms with Crippen molar-refractivity contribution in [3.05, 3.63) is 24.3 Å². The van der Waals surface area contributed by atoms with Crippen molar-refractivity contribution < 1.29 is 14.4 Å². The van der Waals surface area contributed by atoms with Crippen molar-refractivity contribution in [3.8, 4) is 0 Å². The van der Waals surface area contributed by atoms with Gasteiger partial charge < -0.3 is 16.0 Å². The van der Waals surface area contributed by atoms with Crippen LogP contribution in [0.15, 0.2) is 24.3 Å². The molecular weight excluding hydrogens is 332 g/mol. The monoisotopic (exact) mass is 358 g/mol. The normalized spacial score (nSPS) is 21.0. The van der Waals surface area contributed by atoms with Crippen LogP contribution in [0.3, 0.4) is 0 Å². The van der Waals surface area contributed by atoms with Crippen LogP contribution in [0.2, 0.25) is 0 Å². The van der Waals surface area contributed by atoms with Gasteiger partial charge in [0.1, 0.15) is 0 Å². The number of nitrogens with zero attached hydrogens (tertiary/aromatic N) is 2. The van der Waals surface area contributed by atoms with E-state index < -0.39 is 0 Å². The smallest absolute Gasteiger partial charge is 0.234 e. The minimum Gasteiger partial charge on any atom is -0.368 e. The summed E-state index contributed by atoms with van der Waals surface area (Å²) in [7, 11) is 0. The lowest BCUT2D eigenvalue weighted by Crippen LogP contribution is -2.48. The van der Waals surface area contributed by atoms with E-state index in [1.807, 2.05) is 29.2 Å². The maximum absolute atomic E-state index is 12.2. The summed E-state index contributed by atoms with van der Waals surface area (Å²) in [5.74, 6) is -0.256. The molecule has 0 aliphatic carbocycles. The molecule has 0 aromatic heterocycles. The van der Waals surface area contributed by atoms with Crippen molar-refractivity contribution in [3.63, 3.8) is 0 Å². The molecule has 0 bridgehead atoms. The molecule has 7 heteroatoms. The average Bonchev–Trinajstić information content (AvgIpc) is 3.07. The minimum absolute atomic E-state index is 0.0937. The summed E-state index contributed by atoms with van der Waals surface area (Å²) in [6, 6.07) is 7.07. The van der Waals surface area contributed by atoms with E-state index in [1.54, 1.807) is 4.90 Å². The molecule has 0 radical (unpaired) electrons. The number of piperidine rings is 1. The molecule has 2 heterocycles. The molecular formula is C19H26N4O3. The Morgan fingerprint density at radius 1 is 1.12 bits per heavy atom. The van der Waals surface area contributed by atoms with Gasteiger partial charge in [-0.15, -0.1) is 0 Å². The molecule has 140 valence electrons. The van der Waals surface area contributed by atoms with Crippen LogP contribution in [0.5, 0.6) is 0 Å². The standard InChI is InChI=1S/C19H26N4O3/c20-19(26)16-4-1-2-11-22(16)13-10-17(24)21-14-6-8-15(9-7-14)23-12-3-5-18(23)25/h6-9,16H,1-5,10-13H2,(H2,20,26)(H,21,24). The molecule has 0 spiro atoms. The van der Waals surface area contributed by atoms with Gasteiger partial charge in [-0.05, 0) is 50.1 Å². The highest BCUT2D eigenvalue weighted by Gasteiger charge is 2.27. The summed E-state index contributed by atoms with van der Waals surface area (Å²) in [6.45, 7) is 2.08. The average molecular weight is 358 g/mol. The number of amides is 3. The van der Waals surface area contributed by atoms with Gasteiger partial charge in [0.25, 0.3) is 0 Å². The van der Waals surface area contributed by atoms with Crippen molar-refractivity contribution in [1.82, 2.24) is 4.90 Å². The number of hydrogen-bond acceptors (Lipinski definition) is 4. The van der Waals surface area contributed by atoms with Gasteiger partial charge in [-0.25, -0.2) is 0 Å². The Morgan fingerprint density at radius 3 is 2.54 bits per heavy atom. The summed E-state index contributed by atoms with van der Waals surface area (Å²) < 4.78 is 0. The largest absolute Gasteiger partial charge is 0.368 e. The molecule has 2 aliphatic rings. The predicted octanol–water partition coefficient (Wildman–Crippen LogP) is 1.48. The molecule has 3 N–H and O–H groups in total. The van der Waals surface area contributed by atoms with Crippen LogP contribution >= 0.6 is 0 Å². The summed E-state index contributed by atoms with van der Waals surface area (Å²) in [6.07, 6.45) is 4.61. The predicted molar refractivity (Wildman–Crippen MR) is 99.7 cm³/mol. The zero-order chi connectivity index (χ0) is 18.5. The Balaban J connectivity index is 1.50. The van der Waals surface area contributed by atoms with Gasteiger partial charge in [0.15, 0.2) is 0 Å². The third-order valence-corrected chi connectivity index (χ3v) is 5.10. The van der Waals surface area contributed by atoms with E-state index in [9.17, 15) is 14.4 Å². The zero-order valence-corrected chi connectivity index (χ0v) is 14.9. The van der Waals surface area contributed by atoms with E-state index in [0.717, 1.165) is 44.5 Å². The number of nitrogens with two attached hydrogens (primary N) is 1. The molecule has 1 unspecified atom stereocenters. The number of likely N-dealkylation sites (tertiary alicyclic amines) is 1. The lowest BCUT2D eigenvalue weighted by molar-refractivity contribution is -0.125. The topological polar surface area (TPSA) is 95.7 Å². The maximum atomic E-state index is 12.2. The third kappa shape index (κ3) is 4.40. The van der Waals surface area contributed by atoms with Crippen LogP contribution < -0.4 is 16.0 Å². The number of benzene rings is 1. The number of carbonyl (C=O) groups is 3. The van der Waals surface area contributed by atoms with Gasteiger partial charge in [-0.3, -0.25) is 19.3 Å². The fourth-order valence-electron chi connectivity index (χ4n) is 3.70. The number of primary amides is 1. The number of nitrogens with one attached hydrogen (secondary N) is 1. The van der Waals surface area contributed by atoms with E-state index in [4.69, 9.17) is 5.73 Å². The van der Waals surface area contributed by atoms with Crippen molar-refractivity contribution in [2.24, 2.45) is 5.73 Å². The number of anilines is 2. The van der Waals surface area contributed by atoms with Crippen molar-refractivity contribution in [2.45, 2.75) is 44.6 Å². The fraction of sp³-hybridized carbons (Fsp3) is 0.526. The van der Waals surface area contributed by atoms with Crippen molar-refractivity contribution in [1.29, 1.82) is 0 Å². The van der Waals surface area contributed by atoms with Crippen LogP contribution in [-0.4, -0.2) is 48.3 Å². The highest BCUT2D eigenvalue weighted by molar-refractivity contribution is 5.96. The van der Waals surface area contributed by atoms with Gasteiger partial charge in [-0.2, -0.15) is 0 Å². The molecule has 1 aromatic carbocycles. The molecule has 0 saturated carbocycles. The second kappa shape index (κ2) is 8.31. The van der Waals surface area contributed by atoms with Gasteiger partial charge in [0, 0.05) is 37.3 Å². The van der Waals surface area contributed by atoms with E-state index in [-0.39, 0.29) is 23.8 Å². The molecule has 3 amide bonds.